The summed E-state index contributed by atoms with van der Waals surface area (Å²) in [6.45, 7) is 8.99. The molecule has 1 atom stereocenters. The molecule has 0 aromatic heterocycles. The van der Waals surface area contributed by atoms with E-state index in [1.807, 2.05) is 12.1 Å². The molecule has 1 unspecified atom stereocenters. The summed E-state index contributed by atoms with van der Waals surface area (Å²) in [7, 11) is 1.76. The third-order valence-electron chi connectivity index (χ3n) is 4.68. The Balaban J connectivity index is 1.63. The van der Waals surface area contributed by atoms with Crippen LogP contribution in [0.5, 0.6) is 0 Å². The molecule has 1 aromatic rings. The summed E-state index contributed by atoms with van der Waals surface area (Å²) in [6.07, 6.45) is 2.04. The first kappa shape index (κ1) is 20.6. The Labute approximate surface area is 156 Å². The molecule has 6 heteroatoms. The lowest BCUT2D eigenvalue weighted by atomic mass is 9.84. The van der Waals surface area contributed by atoms with Crippen LogP contribution in [0.2, 0.25) is 0 Å². The van der Waals surface area contributed by atoms with Crippen molar-refractivity contribution in [3.8, 4) is 0 Å². The molecule has 0 bridgehead atoms. The zero-order valence-corrected chi connectivity index (χ0v) is 16.2. The summed E-state index contributed by atoms with van der Waals surface area (Å²) in [4.78, 5) is 4.26. The van der Waals surface area contributed by atoms with Crippen LogP contribution in [0.4, 0.5) is 4.39 Å². The fourth-order valence-electron chi connectivity index (χ4n) is 2.87. The molecule has 2 rings (SSSR count). The summed E-state index contributed by atoms with van der Waals surface area (Å²) < 4.78 is 24.1. The first-order valence-corrected chi connectivity index (χ1v) is 9.37. The molecule has 0 amide bonds. The SMILES string of the molecule is CN=C(NCCCOCC1CCOC1)NCC(C)(C)c1ccc(F)cc1. The Hall–Kier alpha value is -1.66. The van der Waals surface area contributed by atoms with E-state index in [9.17, 15) is 4.39 Å². The van der Waals surface area contributed by atoms with Crippen LogP contribution in [0.15, 0.2) is 29.3 Å². The molecule has 1 aliphatic rings. The summed E-state index contributed by atoms with van der Waals surface area (Å²) in [5.41, 5.74) is 0.962. The summed E-state index contributed by atoms with van der Waals surface area (Å²) in [5.74, 6) is 1.12. The monoisotopic (exact) mass is 365 g/mol. The first-order chi connectivity index (χ1) is 12.5. The van der Waals surface area contributed by atoms with Crippen molar-refractivity contribution in [3.05, 3.63) is 35.6 Å². The largest absolute Gasteiger partial charge is 0.381 e. The van der Waals surface area contributed by atoms with Gasteiger partial charge in [-0.05, 0) is 30.5 Å². The number of nitrogens with one attached hydrogen (secondary N) is 2. The van der Waals surface area contributed by atoms with Crippen LogP contribution >= 0.6 is 0 Å². The average Bonchev–Trinajstić information content (AvgIpc) is 3.14. The summed E-state index contributed by atoms with van der Waals surface area (Å²) in [6, 6.07) is 6.67. The molecule has 1 aromatic carbocycles. The van der Waals surface area contributed by atoms with Crippen molar-refractivity contribution in [2.75, 3.05) is 46.6 Å². The van der Waals surface area contributed by atoms with E-state index >= 15 is 0 Å². The molecule has 0 saturated carbocycles. The van der Waals surface area contributed by atoms with Crippen molar-refractivity contribution in [2.45, 2.75) is 32.1 Å². The minimum Gasteiger partial charge on any atom is -0.381 e. The smallest absolute Gasteiger partial charge is 0.191 e. The topological polar surface area (TPSA) is 54.9 Å². The molecule has 26 heavy (non-hydrogen) atoms. The Kier molecular flexibility index (Phi) is 8.32. The highest BCUT2D eigenvalue weighted by Gasteiger charge is 2.21. The van der Waals surface area contributed by atoms with E-state index in [1.54, 1.807) is 7.05 Å². The van der Waals surface area contributed by atoms with Crippen LogP contribution in [0, 0.1) is 11.7 Å². The molecule has 1 heterocycles. The van der Waals surface area contributed by atoms with Crippen LogP contribution in [0.1, 0.15) is 32.3 Å². The number of halogens is 1. The van der Waals surface area contributed by atoms with E-state index in [0.717, 1.165) is 57.3 Å². The molecule has 2 N–H and O–H groups in total. The van der Waals surface area contributed by atoms with Crippen LogP contribution < -0.4 is 10.6 Å². The van der Waals surface area contributed by atoms with Crippen LogP contribution in [0.25, 0.3) is 0 Å². The molecule has 0 radical (unpaired) electrons. The molecule has 1 fully saturated rings. The second-order valence-corrected chi connectivity index (χ2v) is 7.40. The Morgan fingerprint density at radius 2 is 2.08 bits per heavy atom. The van der Waals surface area contributed by atoms with Crippen LogP contribution in [0.3, 0.4) is 0 Å². The van der Waals surface area contributed by atoms with Crippen LogP contribution in [-0.4, -0.2) is 52.5 Å². The fraction of sp³-hybridized carbons (Fsp3) is 0.650. The first-order valence-electron chi connectivity index (χ1n) is 9.37. The van der Waals surface area contributed by atoms with Gasteiger partial charge in [0.25, 0.3) is 0 Å². The van der Waals surface area contributed by atoms with Crippen molar-refractivity contribution in [1.82, 2.24) is 10.6 Å². The third-order valence-corrected chi connectivity index (χ3v) is 4.68. The van der Waals surface area contributed by atoms with Gasteiger partial charge >= 0.3 is 0 Å². The third kappa shape index (κ3) is 6.92. The molecule has 1 aliphatic heterocycles. The number of hydrogen-bond acceptors (Lipinski definition) is 3. The zero-order valence-electron chi connectivity index (χ0n) is 16.2. The number of aliphatic imine (C=N–C) groups is 1. The quantitative estimate of drug-likeness (QED) is 0.401. The lowest BCUT2D eigenvalue weighted by Gasteiger charge is -2.26. The van der Waals surface area contributed by atoms with E-state index < -0.39 is 0 Å². The van der Waals surface area contributed by atoms with Crippen molar-refractivity contribution in [2.24, 2.45) is 10.9 Å². The molecule has 1 saturated heterocycles. The standard InChI is InChI=1S/C20H32FN3O2/c1-20(2,17-5-7-18(21)8-6-17)15-24-19(22-3)23-10-4-11-25-13-16-9-12-26-14-16/h5-8,16H,4,9-15H2,1-3H3,(H2,22,23,24). The number of benzene rings is 1. The van der Waals surface area contributed by atoms with Gasteiger partial charge in [0.05, 0.1) is 13.2 Å². The molecular formula is C20H32FN3O2. The maximum atomic E-state index is 13.1. The lowest BCUT2D eigenvalue weighted by molar-refractivity contribution is 0.0888. The van der Waals surface area contributed by atoms with Gasteiger partial charge in [-0.3, -0.25) is 4.99 Å². The molecule has 146 valence electrons. The highest BCUT2D eigenvalue weighted by Crippen LogP contribution is 2.22. The van der Waals surface area contributed by atoms with Crippen molar-refractivity contribution < 1.29 is 13.9 Å². The fourth-order valence-corrected chi connectivity index (χ4v) is 2.87. The number of guanidine groups is 1. The maximum absolute atomic E-state index is 13.1. The number of ether oxygens (including phenoxy) is 2. The molecule has 0 spiro atoms. The van der Waals surface area contributed by atoms with Gasteiger partial charge in [0.2, 0.25) is 0 Å². The van der Waals surface area contributed by atoms with Crippen molar-refractivity contribution in [1.29, 1.82) is 0 Å². The van der Waals surface area contributed by atoms with Crippen molar-refractivity contribution >= 4 is 5.96 Å². The lowest BCUT2D eigenvalue weighted by Crippen LogP contribution is -2.43. The van der Waals surface area contributed by atoms with E-state index in [2.05, 4.69) is 29.5 Å². The van der Waals surface area contributed by atoms with E-state index in [4.69, 9.17) is 9.47 Å². The van der Waals surface area contributed by atoms with Gasteiger partial charge in [0, 0.05) is 44.7 Å². The van der Waals surface area contributed by atoms with Crippen LogP contribution in [-0.2, 0) is 14.9 Å². The molecule has 0 aliphatic carbocycles. The predicted octanol–water partition coefficient (Wildman–Crippen LogP) is 2.71. The van der Waals surface area contributed by atoms with Gasteiger partial charge in [-0.15, -0.1) is 0 Å². The minimum absolute atomic E-state index is 0.127. The van der Waals surface area contributed by atoms with E-state index in [-0.39, 0.29) is 11.2 Å². The van der Waals surface area contributed by atoms with Gasteiger partial charge in [-0.2, -0.15) is 0 Å². The second kappa shape index (κ2) is 10.5. The van der Waals surface area contributed by atoms with Gasteiger partial charge in [-0.25, -0.2) is 4.39 Å². The Bertz CT molecular complexity index is 555. The average molecular weight is 365 g/mol. The van der Waals surface area contributed by atoms with E-state index in [0.29, 0.717) is 12.5 Å². The minimum atomic E-state index is -0.210. The normalized spacial score (nSPS) is 18.2. The second-order valence-electron chi connectivity index (χ2n) is 7.40. The van der Waals surface area contributed by atoms with Gasteiger partial charge in [0.1, 0.15) is 5.82 Å². The Morgan fingerprint density at radius 3 is 2.73 bits per heavy atom. The van der Waals surface area contributed by atoms with Gasteiger partial charge < -0.3 is 20.1 Å². The highest BCUT2D eigenvalue weighted by atomic mass is 19.1. The number of hydrogen-bond donors (Lipinski definition) is 2. The summed E-state index contributed by atoms with van der Waals surface area (Å²) in [5, 5.41) is 6.65. The number of rotatable bonds is 9. The highest BCUT2D eigenvalue weighted by molar-refractivity contribution is 5.79. The number of nitrogens with zero attached hydrogens (tertiary/aromatic N) is 1. The molecular weight excluding hydrogens is 333 g/mol. The van der Waals surface area contributed by atoms with Gasteiger partial charge in [-0.1, -0.05) is 26.0 Å². The predicted molar refractivity (Wildman–Crippen MR) is 103 cm³/mol. The van der Waals surface area contributed by atoms with E-state index in [1.165, 1.54) is 12.1 Å². The summed E-state index contributed by atoms with van der Waals surface area (Å²) >= 11 is 0. The maximum Gasteiger partial charge on any atom is 0.191 e. The zero-order chi connectivity index (χ0) is 18.8. The van der Waals surface area contributed by atoms with Crippen molar-refractivity contribution in [3.63, 3.8) is 0 Å². The Morgan fingerprint density at radius 1 is 1.31 bits per heavy atom. The molecule has 5 nitrogen and oxygen atoms in total. The van der Waals surface area contributed by atoms with Gasteiger partial charge in [0.15, 0.2) is 5.96 Å².